The molecular formula is C9H17NO2. The highest BCUT2D eigenvalue weighted by Gasteiger charge is 1.87. The summed E-state index contributed by atoms with van der Waals surface area (Å²) in [4.78, 5) is 9.22. The van der Waals surface area contributed by atoms with E-state index in [4.69, 9.17) is 4.74 Å². The number of amides is 1. The zero-order chi connectivity index (χ0) is 9.82. The molecule has 0 aliphatic heterocycles. The van der Waals surface area contributed by atoms with Crippen molar-refractivity contribution < 1.29 is 9.53 Å². The van der Waals surface area contributed by atoms with E-state index < -0.39 is 0 Å². The quantitative estimate of drug-likeness (QED) is 0.505. The normalized spacial score (nSPS) is 7.58. The Bertz CT molecular complexity index is 116. The molecule has 0 aliphatic rings. The molecule has 0 atom stereocenters. The van der Waals surface area contributed by atoms with Crippen LogP contribution in [-0.2, 0) is 9.53 Å². The maximum atomic E-state index is 9.22. The number of rotatable bonds is 5. The van der Waals surface area contributed by atoms with Gasteiger partial charge in [-0.15, -0.1) is 0 Å². The fourth-order valence-corrected chi connectivity index (χ4v) is 0.309. The lowest BCUT2D eigenvalue weighted by Crippen LogP contribution is -1.96. The molecule has 1 N–H and O–H groups in total. The lowest BCUT2D eigenvalue weighted by atomic mass is 10.2. The first-order chi connectivity index (χ1) is 5.68. The van der Waals surface area contributed by atoms with Gasteiger partial charge in [-0.2, -0.15) is 0 Å². The van der Waals surface area contributed by atoms with E-state index in [1.807, 2.05) is 0 Å². The van der Waals surface area contributed by atoms with Gasteiger partial charge in [-0.05, 0) is 12.1 Å². The van der Waals surface area contributed by atoms with Gasteiger partial charge < -0.3 is 10.1 Å². The molecule has 0 aromatic carbocycles. The number of hydrogen-bond donors (Lipinski definition) is 1. The van der Waals surface area contributed by atoms with Gasteiger partial charge in [0.1, 0.15) is 0 Å². The predicted molar refractivity (Wildman–Crippen MR) is 50.4 cm³/mol. The van der Waals surface area contributed by atoms with Crippen LogP contribution in [0.4, 0.5) is 0 Å². The van der Waals surface area contributed by atoms with Crippen LogP contribution in [0.15, 0.2) is 25.6 Å². The molecule has 0 aromatic rings. The third kappa shape index (κ3) is 23.3. The summed E-state index contributed by atoms with van der Waals surface area (Å²) in [6.07, 6.45) is 3.35. The van der Waals surface area contributed by atoms with Crippen molar-refractivity contribution in [2.45, 2.75) is 13.8 Å². The summed E-state index contributed by atoms with van der Waals surface area (Å²) in [6.45, 7) is 11.6. The van der Waals surface area contributed by atoms with Crippen molar-refractivity contribution in [1.29, 1.82) is 0 Å². The standard InChI is InChI=1S/C6H12O.C3H5NO/c1-4-7-5-6(2)3;1-2-4-3-5/h4,6H,1,5H2,2-3H3;2-3H,1H2,(H,4,5). The number of nitrogens with one attached hydrogen (secondary N) is 1. The fraction of sp³-hybridized carbons (Fsp3) is 0.444. The van der Waals surface area contributed by atoms with E-state index >= 15 is 0 Å². The Balaban J connectivity index is 0. The van der Waals surface area contributed by atoms with Crippen LogP contribution in [0.3, 0.4) is 0 Å². The molecule has 0 saturated heterocycles. The van der Waals surface area contributed by atoms with Crippen molar-refractivity contribution in [3.8, 4) is 0 Å². The van der Waals surface area contributed by atoms with Gasteiger partial charge in [-0.25, -0.2) is 0 Å². The van der Waals surface area contributed by atoms with E-state index in [0.717, 1.165) is 6.61 Å². The molecule has 3 heteroatoms. The molecular weight excluding hydrogens is 154 g/mol. The number of hydrogen-bond acceptors (Lipinski definition) is 2. The van der Waals surface area contributed by atoms with Crippen LogP contribution >= 0.6 is 0 Å². The summed E-state index contributed by atoms with van der Waals surface area (Å²) < 4.78 is 4.86. The first kappa shape index (κ1) is 13.3. The highest BCUT2D eigenvalue weighted by atomic mass is 16.5. The Morgan fingerprint density at radius 3 is 2.17 bits per heavy atom. The Kier molecular flexibility index (Phi) is 13.8. The molecule has 0 fully saturated rings. The smallest absolute Gasteiger partial charge is 0.211 e. The van der Waals surface area contributed by atoms with Gasteiger partial charge in [-0.3, -0.25) is 4.79 Å². The monoisotopic (exact) mass is 171 g/mol. The molecule has 3 nitrogen and oxygen atoms in total. The highest BCUT2D eigenvalue weighted by molar-refractivity contribution is 5.47. The zero-order valence-electron chi connectivity index (χ0n) is 7.75. The minimum absolute atomic E-state index is 0.562. The van der Waals surface area contributed by atoms with Gasteiger partial charge >= 0.3 is 0 Å². The average molecular weight is 171 g/mol. The molecule has 0 bridgehead atoms. The van der Waals surface area contributed by atoms with E-state index in [1.165, 1.54) is 12.5 Å². The van der Waals surface area contributed by atoms with Crippen molar-refractivity contribution in [2.24, 2.45) is 5.92 Å². The van der Waals surface area contributed by atoms with E-state index in [-0.39, 0.29) is 0 Å². The molecule has 0 unspecified atom stereocenters. The summed E-state index contributed by atoms with van der Waals surface area (Å²) in [6, 6.07) is 0. The molecule has 70 valence electrons. The van der Waals surface area contributed by atoms with Gasteiger partial charge in [0, 0.05) is 0 Å². The Labute approximate surface area is 74.1 Å². The summed E-state index contributed by atoms with van der Waals surface area (Å²) in [5.74, 6) is 0.609. The SMILES string of the molecule is C=CNC=O.C=COCC(C)C. The maximum Gasteiger partial charge on any atom is 0.211 e. The lowest BCUT2D eigenvalue weighted by molar-refractivity contribution is -0.108. The van der Waals surface area contributed by atoms with Crippen LogP contribution < -0.4 is 5.32 Å². The van der Waals surface area contributed by atoms with Crippen LogP contribution in [0.25, 0.3) is 0 Å². The van der Waals surface area contributed by atoms with Crippen LogP contribution in [0.2, 0.25) is 0 Å². The first-order valence-corrected chi connectivity index (χ1v) is 3.72. The van der Waals surface area contributed by atoms with Gasteiger partial charge in [0.25, 0.3) is 0 Å². The third-order valence-electron chi connectivity index (χ3n) is 0.733. The van der Waals surface area contributed by atoms with Crippen LogP contribution in [0, 0.1) is 5.92 Å². The second kappa shape index (κ2) is 12.4. The Hall–Kier alpha value is -1.25. The average Bonchev–Trinajstić information content (AvgIpc) is 2.03. The lowest BCUT2D eigenvalue weighted by Gasteiger charge is -2.00. The van der Waals surface area contributed by atoms with E-state index in [9.17, 15) is 4.79 Å². The second-order valence-corrected chi connectivity index (χ2v) is 2.38. The van der Waals surface area contributed by atoms with Crippen molar-refractivity contribution >= 4 is 6.41 Å². The predicted octanol–water partition coefficient (Wildman–Crippen LogP) is 1.68. The third-order valence-corrected chi connectivity index (χ3v) is 0.733. The van der Waals surface area contributed by atoms with Crippen molar-refractivity contribution in [1.82, 2.24) is 5.32 Å². The van der Waals surface area contributed by atoms with Gasteiger partial charge in [0.2, 0.25) is 6.41 Å². The van der Waals surface area contributed by atoms with Gasteiger partial charge in [-0.1, -0.05) is 27.0 Å². The molecule has 1 amide bonds. The van der Waals surface area contributed by atoms with E-state index in [1.54, 1.807) is 0 Å². The minimum atomic E-state index is 0.562. The largest absolute Gasteiger partial charge is 0.502 e. The van der Waals surface area contributed by atoms with E-state index in [2.05, 4.69) is 32.3 Å². The summed E-state index contributed by atoms with van der Waals surface area (Å²) in [5, 5.41) is 2.19. The summed E-state index contributed by atoms with van der Waals surface area (Å²) in [5.41, 5.74) is 0. The first-order valence-electron chi connectivity index (χ1n) is 3.72. The van der Waals surface area contributed by atoms with Crippen molar-refractivity contribution in [2.75, 3.05) is 6.61 Å². The van der Waals surface area contributed by atoms with Crippen molar-refractivity contribution in [3.63, 3.8) is 0 Å². The number of ether oxygens (including phenoxy) is 1. The topological polar surface area (TPSA) is 38.3 Å². The minimum Gasteiger partial charge on any atom is -0.502 e. The molecule has 0 saturated carbocycles. The molecule has 0 radical (unpaired) electrons. The molecule has 0 spiro atoms. The summed E-state index contributed by atoms with van der Waals surface area (Å²) >= 11 is 0. The van der Waals surface area contributed by atoms with Crippen LogP contribution in [0.1, 0.15) is 13.8 Å². The molecule has 0 heterocycles. The second-order valence-electron chi connectivity index (χ2n) is 2.38. The number of carbonyl (C=O) groups excluding carboxylic acids is 1. The van der Waals surface area contributed by atoms with Gasteiger partial charge in [0.15, 0.2) is 0 Å². The molecule has 0 rings (SSSR count). The Morgan fingerprint density at radius 1 is 1.50 bits per heavy atom. The van der Waals surface area contributed by atoms with Gasteiger partial charge in [0.05, 0.1) is 12.9 Å². The molecule has 0 aliphatic carbocycles. The maximum absolute atomic E-state index is 9.22. The van der Waals surface area contributed by atoms with Crippen LogP contribution in [-0.4, -0.2) is 13.0 Å². The molecule has 12 heavy (non-hydrogen) atoms. The number of carbonyl (C=O) groups is 1. The van der Waals surface area contributed by atoms with E-state index in [0.29, 0.717) is 12.3 Å². The Morgan fingerprint density at radius 2 is 2.08 bits per heavy atom. The van der Waals surface area contributed by atoms with Crippen molar-refractivity contribution in [3.05, 3.63) is 25.6 Å². The zero-order valence-corrected chi connectivity index (χ0v) is 7.75. The molecule has 0 aromatic heterocycles. The van der Waals surface area contributed by atoms with Crippen LogP contribution in [0.5, 0.6) is 0 Å². The summed E-state index contributed by atoms with van der Waals surface area (Å²) in [7, 11) is 0. The highest BCUT2D eigenvalue weighted by Crippen LogP contribution is 1.90. The fourth-order valence-electron chi connectivity index (χ4n) is 0.309.